The van der Waals surface area contributed by atoms with Gasteiger partial charge in [0, 0.05) is 13.0 Å². The van der Waals surface area contributed by atoms with Crippen LogP contribution in [0.15, 0.2) is 0 Å². The minimum absolute atomic E-state index is 0.412. The summed E-state index contributed by atoms with van der Waals surface area (Å²) in [6.07, 6.45) is -7.33. The van der Waals surface area contributed by atoms with Crippen LogP contribution in [0.5, 0.6) is 0 Å². The monoisotopic (exact) mass is 265 g/mol. The maximum Gasteiger partial charge on any atom is 0.389 e. The van der Waals surface area contributed by atoms with Crippen molar-refractivity contribution < 1.29 is 31.8 Å². The van der Waals surface area contributed by atoms with Crippen molar-refractivity contribution in [2.75, 3.05) is 18.9 Å². The molecular formula is C7H14F3NO4S. The van der Waals surface area contributed by atoms with Crippen LogP contribution in [0.3, 0.4) is 0 Å². The van der Waals surface area contributed by atoms with Gasteiger partial charge in [-0.25, -0.2) is 13.1 Å². The third kappa shape index (κ3) is 8.89. The Balaban J connectivity index is 3.89. The van der Waals surface area contributed by atoms with E-state index in [0.717, 1.165) is 0 Å². The molecule has 1 unspecified atom stereocenters. The average molecular weight is 265 g/mol. The van der Waals surface area contributed by atoms with Crippen molar-refractivity contribution in [3.63, 3.8) is 0 Å². The average Bonchev–Trinajstić information content (AvgIpc) is 2.12. The molecule has 0 rings (SSSR count). The Morgan fingerprint density at radius 2 is 1.88 bits per heavy atom. The molecule has 0 aliphatic heterocycles. The second kappa shape index (κ2) is 6.38. The van der Waals surface area contributed by atoms with Crippen molar-refractivity contribution in [1.82, 2.24) is 4.72 Å². The van der Waals surface area contributed by atoms with Gasteiger partial charge in [0.15, 0.2) is 0 Å². The van der Waals surface area contributed by atoms with Crippen LogP contribution >= 0.6 is 0 Å². The van der Waals surface area contributed by atoms with Crippen LogP contribution in [-0.4, -0.2) is 49.8 Å². The summed E-state index contributed by atoms with van der Waals surface area (Å²) in [4.78, 5) is 0. The van der Waals surface area contributed by atoms with Gasteiger partial charge < -0.3 is 10.2 Å². The standard InChI is InChI=1S/C7H14F3NO4S/c8-7(9,10)2-1-3-16(14,15)11-4-6(13)5-12/h6,11-13H,1-5H2. The van der Waals surface area contributed by atoms with E-state index < -0.39 is 54.0 Å². The van der Waals surface area contributed by atoms with E-state index in [9.17, 15) is 21.6 Å². The van der Waals surface area contributed by atoms with Crippen molar-refractivity contribution in [2.24, 2.45) is 0 Å². The summed E-state index contributed by atoms with van der Waals surface area (Å²) < 4.78 is 59.2. The molecule has 0 aliphatic carbocycles. The number of hydrogen-bond donors (Lipinski definition) is 3. The fourth-order valence-electron chi connectivity index (χ4n) is 0.823. The van der Waals surface area contributed by atoms with Gasteiger partial charge in [0.05, 0.1) is 18.5 Å². The van der Waals surface area contributed by atoms with Gasteiger partial charge in [-0.3, -0.25) is 0 Å². The Labute approximate surface area is 91.3 Å². The van der Waals surface area contributed by atoms with Gasteiger partial charge in [0.2, 0.25) is 10.0 Å². The Hall–Kier alpha value is -0.380. The van der Waals surface area contributed by atoms with E-state index in [1.165, 1.54) is 0 Å². The molecule has 98 valence electrons. The first-order valence-electron chi connectivity index (χ1n) is 4.49. The maximum atomic E-state index is 11.7. The minimum Gasteiger partial charge on any atom is -0.394 e. The van der Waals surface area contributed by atoms with Crippen LogP contribution in [0.4, 0.5) is 13.2 Å². The molecule has 0 aromatic heterocycles. The van der Waals surface area contributed by atoms with E-state index in [1.54, 1.807) is 0 Å². The van der Waals surface area contributed by atoms with Gasteiger partial charge in [-0.1, -0.05) is 0 Å². The van der Waals surface area contributed by atoms with E-state index in [0.29, 0.717) is 0 Å². The highest BCUT2D eigenvalue weighted by molar-refractivity contribution is 7.89. The summed E-state index contributed by atoms with van der Waals surface area (Å²) in [7, 11) is -3.83. The van der Waals surface area contributed by atoms with Crippen molar-refractivity contribution >= 4 is 10.0 Å². The summed E-state index contributed by atoms with van der Waals surface area (Å²) in [6.45, 7) is -1.03. The Morgan fingerprint density at radius 1 is 1.31 bits per heavy atom. The summed E-state index contributed by atoms with van der Waals surface area (Å²) >= 11 is 0. The fraction of sp³-hybridized carbons (Fsp3) is 1.00. The number of alkyl halides is 3. The Morgan fingerprint density at radius 3 is 2.31 bits per heavy atom. The number of hydrogen-bond acceptors (Lipinski definition) is 4. The molecule has 0 heterocycles. The molecule has 0 spiro atoms. The SMILES string of the molecule is O=S(=O)(CCCC(F)(F)F)NCC(O)CO. The molecule has 0 aliphatic rings. The first-order chi connectivity index (χ1) is 7.16. The molecule has 1 atom stereocenters. The van der Waals surface area contributed by atoms with Gasteiger partial charge in [0.1, 0.15) is 0 Å². The van der Waals surface area contributed by atoms with Crippen molar-refractivity contribution in [3.05, 3.63) is 0 Å². The summed E-state index contributed by atoms with van der Waals surface area (Å²) in [6, 6.07) is 0. The molecule has 0 saturated carbocycles. The summed E-state index contributed by atoms with van der Waals surface area (Å²) in [5, 5.41) is 17.2. The number of sulfonamides is 1. The molecule has 9 heteroatoms. The minimum atomic E-state index is -4.37. The first kappa shape index (κ1) is 15.6. The molecule has 0 radical (unpaired) electrons. The molecule has 16 heavy (non-hydrogen) atoms. The van der Waals surface area contributed by atoms with Crippen LogP contribution < -0.4 is 4.72 Å². The van der Waals surface area contributed by atoms with Crippen LogP contribution in [0.2, 0.25) is 0 Å². The largest absolute Gasteiger partial charge is 0.394 e. The highest BCUT2D eigenvalue weighted by Crippen LogP contribution is 2.21. The van der Waals surface area contributed by atoms with Crippen molar-refractivity contribution in [3.8, 4) is 0 Å². The molecule has 0 bridgehead atoms. The van der Waals surface area contributed by atoms with Crippen LogP contribution in [0, 0.1) is 0 Å². The van der Waals surface area contributed by atoms with Crippen molar-refractivity contribution in [1.29, 1.82) is 0 Å². The third-order valence-electron chi connectivity index (χ3n) is 1.62. The zero-order valence-corrected chi connectivity index (χ0v) is 9.18. The summed E-state index contributed by atoms with van der Waals surface area (Å²) in [5.41, 5.74) is 0. The van der Waals surface area contributed by atoms with E-state index in [-0.39, 0.29) is 0 Å². The van der Waals surface area contributed by atoms with Crippen LogP contribution in [0.25, 0.3) is 0 Å². The normalized spacial score (nSPS) is 15.1. The zero-order valence-electron chi connectivity index (χ0n) is 8.37. The maximum absolute atomic E-state index is 11.7. The van der Waals surface area contributed by atoms with Crippen molar-refractivity contribution in [2.45, 2.75) is 25.1 Å². The quantitative estimate of drug-likeness (QED) is 0.584. The van der Waals surface area contributed by atoms with E-state index >= 15 is 0 Å². The summed E-state index contributed by atoms with van der Waals surface area (Å²) in [5.74, 6) is -0.662. The number of halogens is 3. The number of nitrogens with one attached hydrogen (secondary N) is 1. The molecular weight excluding hydrogens is 251 g/mol. The molecule has 3 N–H and O–H groups in total. The van der Waals surface area contributed by atoms with Gasteiger partial charge in [-0.05, 0) is 6.42 Å². The lowest BCUT2D eigenvalue weighted by atomic mass is 10.3. The molecule has 5 nitrogen and oxygen atoms in total. The molecule has 0 fully saturated rings. The number of rotatable bonds is 7. The first-order valence-corrected chi connectivity index (χ1v) is 6.14. The van der Waals surface area contributed by atoms with Gasteiger partial charge >= 0.3 is 6.18 Å². The fourth-order valence-corrected chi connectivity index (χ4v) is 1.94. The lowest BCUT2D eigenvalue weighted by Gasteiger charge is -2.10. The smallest absolute Gasteiger partial charge is 0.389 e. The Bertz CT molecular complexity index is 290. The predicted octanol–water partition coefficient (Wildman–Crippen LogP) is -0.398. The number of aliphatic hydroxyl groups excluding tert-OH is 2. The molecule has 0 aromatic rings. The van der Waals surface area contributed by atoms with Gasteiger partial charge in [-0.2, -0.15) is 13.2 Å². The molecule has 0 aromatic carbocycles. The third-order valence-corrected chi connectivity index (χ3v) is 3.06. The van der Waals surface area contributed by atoms with Crippen LogP contribution in [0.1, 0.15) is 12.8 Å². The topological polar surface area (TPSA) is 86.6 Å². The lowest BCUT2D eigenvalue weighted by Crippen LogP contribution is -2.35. The molecule has 0 saturated heterocycles. The zero-order chi connectivity index (χ0) is 12.8. The predicted molar refractivity (Wildman–Crippen MR) is 50.2 cm³/mol. The van der Waals surface area contributed by atoms with E-state index in [4.69, 9.17) is 10.2 Å². The second-order valence-corrected chi connectivity index (χ2v) is 5.15. The second-order valence-electron chi connectivity index (χ2n) is 3.22. The van der Waals surface area contributed by atoms with E-state index in [1.807, 2.05) is 4.72 Å². The highest BCUT2D eigenvalue weighted by Gasteiger charge is 2.27. The molecule has 0 amide bonds. The lowest BCUT2D eigenvalue weighted by molar-refractivity contribution is -0.134. The van der Waals surface area contributed by atoms with Crippen LogP contribution in [-0.2, 0) is 10.0 Å². The van der Waals surface area contributed by atoms with E-state index in [2.05, 4.69) is 0 Å². The van der Waals surface area contributed by atoms with Gasteiger partial charge in [-0.15, -0.1) is 0 Å². The highest BCUT2D eigenvalue weighted by atomic mass is 32.2. The Kier molecular flexibility index (Phi) is 6.23. The van der Waals surface area contributed by atoms with Gasteiger partial charge in [0.25, 0.3) is 0 Å². The number of aliphatic hydroxyl groups is 2.